The third kappa shape index (κ3) is 54.7. The molecule has 0 rings (SSSR count). The highest BCUT2D eigenvalue weighted by atomic mass is 16.6. The van der Waals surface area contributed by atoms with Gasteiger partial charge in [-0.05, 0) is 51.4 Å². The van der Waals surface area contributed by atoms with Gasteiger partial charge in [-0.15, -0.1) is 0 Å². The van der Waals surface area contributed by atoms with Gasteiger partial charge in [-0.1, -0.05) is 283 Å². The molecule has 0 aromatic rings. The van der Waals surface area contributed by atoms with Crippen LogP contribution in [-0.4, -0.2) is 37.2 Å². The van der Waals surface area contributed by atoms with Crippen LogP contribution >= 0.6 is 0 Å². The average molecular weight is 944 g/mol. The molecular formula is C61H114O6. The van der Waals surface area contributed by atoms with E-state index in [0.29, 0.717) is 19.3 Å². The molecule has 0 saturated heterocycles. The van der Waals surface area contributed by atoms with E-state index in [-0.39, 0.29) is 31.1 Å². The van der Waals surface area contributed by atoms with Gasteiger partial charge in [0.05, 0.1) is 0 Å². The normalized spacial score (nSPS) is 12.1. The smallest absolute Gasteiger partial charge is 0.306 e. The molecule has 0 radical (unpaired) electrons. The molecule has 6 nitrogen and oxygen atoms in total. The minimum absolute atomic E-state index is 0.0655. The highest BCUT2D eigenvalue weighted by Gasteiger charge is 2.19. The molecular weight excluding hydrogens is 829 g/mol. The van der Waals surface area contributed by atoms with Crippen molar-refractivity contribution in [2.45, 2.75) is 335 Å². The molecule has 6 heteroatoms. The first kappa shape index (κ1) is 64.9. The van der Waals surface area contributed by atoms with Crippen LogP contribution in [-0.2, 0) is 28.6 Å². The molecule has 0 amide bonds. The largest absolute Gasteiger partial charge is 0.462 e. The van der Waals surface area contributed by atoms with Gasteiger partial charge in [0.15, 0.2) is 6.10 Å². The summed E-state index contributed by atoms with van der Waals surface area (Å²) in [5.41, 5.74) is 0. The first-order valence-corrected chi connectivity index (χ1v) is 29.8. The summed E-state index contributed by atoms with van der Waals surface area (Å²) in [5.74, 6) is -0.850. The van der Waals surface area contributed by atoms with Crippen molar-refractivity contribution >= 4 is 17.9 Å². The predicted octanol–water partition coefficient (Wildman–Crippen LogP) is 19.9. The summed E-state index contributed by atoms with van der Waals surface area (Å²) >= 11 is 0. The van der Waals surface area contributed by atoms with Gasteiger partial charge in [-0.2, -0.15) is 0 Å². The minimum atomic E-state index is -0.763. The van der Waals surface area contributed by atoms with E-state index in [0.717, 1.165) is 64.2 Å². The Labute approximate surface area is 417 Å². The molecule has 0 N–H and O–H groups in total. The third-order valence-electron chi connectivity index (χ3n) is 13.5. The molecule has 67 heavy (non-hydrogen) atoms. The van der Waals surface area contributed by atoms with Gasteiger partial charge in [-0.3, -0.25) is 14.4 Å². The van der Waals surface area contributed by atoms with E-state index in [1.807, 2.05) is 0 Å². The van der Waals surface area contributed by atoms with Crippen LogP contribution in [0.3, 0.4) is 0 Å². The lowest BCUT2D eigenvalue weighted by Gasteiger charge is -2.18. The third-order valence-corrected chi connectivity index (χ3v) is 13.5. The fourth-order valence-corrected chi connectivity index (χ4v) is 8.95. The highest BCUT2D eigenvalue weighted by molar-refractivity contribution is 5.71. The Bertz CT molecular complexity index is 1080. The predicted molar refractivity (Wildman–Crippen MR) is 289 cm³/mol. The summed E-state index contributed by atoms with van der Waals surface area (Å²) in [7, 11) is 0. The van der Waals surface area contributed by atoms with Crippen molar-refractivity contribution in [1.29, 1.82) is 0 Å². The van der Waals surface area contributed by atoms with E-state index < -0.39 is 6.10 Å². The number of hydrogen-bond acceptors (Lipinski definition) is 6. The maximum absolute atomic E-state index is 12.8. The lowest BCUT2D eigenvalue weighted by molar-refractivity contribution is -0.167. The molecule has 0 spiro atoms. The Balaban J connectivity index is 4.07. The Morgan fingerprint density at radius 1 is 0.299 bits per heavy atom. The minimum Gasteiger partial charge on any atom is -0.462 e. The monoisotopic (exact) mass is 943 g/mol. The summed E-state index contributed by atoms with van der Waals surface area (Å²) in [6.45, 7) is 6.65. The van der Waals surface area contributed by atoms with Gasteiger partial charge in [0.25, 0.3) is 0 Å². The number of unbranched alkanes of at least 4 members (excludes halogenated alkanes) is 40. The fourth-order valence-electron chi connectivity index (χ4n) is 8.95. The van der Waals surface area contributed by atoms with Crippen LogP contribution in [0.5, 0.6) is 0 Å². The average Bonchev–Trinajstić information content (AvgIpc) is 3.33. The van der Waals surface area contributed by atoms with E-state index >= 15 is 0 Å². The molecule has 0 bridgehead atoms. The second-order valence-corrected chi connectivity index (χ2v) is 20.3. The molecule has 0 aliphatic rings. The first-order valence-electron chi connectivity index (χ1n) is 29.8. The van der Waals surface area contributed by atoms with E-state index in [2.05, 4.69) is 45.1 Å². The molecule has 0 fully saturated rings. The molecule has 0 aliphatic heterocycles. The zero-order valence-electron chi connectivity index (χ0n) is 45.2. The first-order chi connectivity index (χ1) is 33.0. The number of hydrogen-bond donors (Lipinski definition) is 0. The Kier molecular flexibility index (Phi) is 54.7. The maximum Gasteiger partial charge on any atom is 0.306 e. The van der Waals surface area contributed by atoms with Crippen LogP contribution in [0.15, 0.2) is 24.3 Å². The van der Waals surface area contributed by atoms with Crippen molar-refractivity contribution in [2.75, 3.05) is 13.2 Å². The van der Waals surface area contributed by atoms with Crippen molar-refractivity contribution in [3.63, 3.8) is 0 Å². The molecule has 1 atom stereocenters. The van der Waals surface area contributed by atoms with E-state index in [9.17, 15) is 14.4 Å². The molecule has 0 heterocycles. The van der Waals surface area contributed by atoms with Crippen molar-refractivity contribution < 1.29 is 28.6 Å². The van der Waals surface area contributed by atoms with Gasteiger partial charge < -0.3 is 14.2 Å². The van der Waals surface area contributed by atoms with Crippen LogP contribution in [0.4, 0.5) is 0 Å². The highest BCUT2D eigenvalue weighted by Crippen LogP contribution is 2.17. The van der Waals surface area contributed by atoms with E-state index in [4.69, 9.17) is 14.2 Å². The van der Waals surface area contributed by atoms with E-state index in [1.54, 1.807) is 0 Å². The van der Waals surface area contributed by atoms with Crippen LogP contribution in [0.1, 0.15) is 329 Å². The number of allylic oxidation sites excluding steroid dienone is 4. The maximum atomic E-state index is 12.8. The standard InChI is InChI=1S/C61H114O6/c1-4-7-10-13-16-19-21-23-25-26-27-28-29-30-31-32-33-34-35-36-37-39-40-42-45-48-51-54-60(63)66-57-58(56-65-59(62)53-50-47-44-18-15-12-9-6-3)67-61(64)55-52-49-46-43-41-38-24-22-20-17-14-11-8-5-2/h21,23,26-27,58H,4-20,22,24-25,28-57H2,1-3H3/b23-21-,27-26-. The molecule has 1 unspecified atom stereocenters. The van der Waals surface area contributed by atoms with Crippen LogP contribution in [0.25, 0.3) is 0 Å². The van der Waals surface area contributed by atoms with E-state index in [1.165, 1.54) is 225 Å². The van der Waals surface area contributed by atoms with Gasteiger partial charge in [0.1, 0.15) is 13.2 Å². The zero-order chi connectivity index (χ0) is 48.6. The molecule has 0 aromatic heterocycles. The lowest BCUT2D eigenvalue weighted by atomic mass is 10.0. The van der Waals surface area contributed by atoms with Crippen molar-refractivity contribution in [2.24, 2.45) is 0 Å². The molecule has 0 saturated carbocycles. The zero-order valence-corrected chi connectivity index (χ0v) is 45.2. The summed E-state index contributed by atoms with van der Waals surface area (Å²) < 4.78 is 16.8. The summed E-state index contributed by atoms with van der Waals surface area (Å²) in [5, 5.41) is 0. The quantitative estimate of drug-likeness (QED) is 0.0262. The van der Waals surface area contributed by atoms with Crippen molar-refractivity contribution in [3.05, 3.63) is 24.3 Å². The number of ether oxygens (including phenoxy) is 3. The summed E-state index contributed by atoms with van der Waals surface area (Å²) in [6, 6.07) is 0. The Hall–Kier alpha value is -2.11. The van der Waals surface area contributed by atoms with Gasteiger partial charge in [0.2, 0.25) is 0 Å². The number of esters is 3. The molecule has 0 aliphatic carbocycles. The van der Waals surface area contributed by atoms with Crippen molar-refractivity contribution in [3.8, 4) is 0 Å². The fraction of sp³-hybridized carbons (Fsp3) is 0.885. The van der Waals surface area contributed by atoms with Crippen LogP contribution < -0.4 is 0 Å². The van der Waals surface area contributed by atoms with Gasteiger partial charge in [0, 0.05) is 19.3 Å². The topological polar surface area (TPSA) is 78.9 Å². The second kappa shape index (κ2) is 56.5. The molecule has 0 aromatic carbocycles. The SMILES string of the molecule is CCCCCCC/C=C\C/C=C\CCCCCCCCCCCCCCCCCC(=O)OCC(COC(=O)CCCCCCCCCC)OC(=O)CCCCCCCCCCCCCCCC. The number of carbonyl (C=O) groups is 3. The summed E-state index contributed by atoms with van der Waals surface area (Å²) in [4.78, 5) is 38.0. The second-order valence-electron chi connectivity index (χ2n) is 20.3. The summed E-state index contributed by atoms with van der Waals surface area (Å²) in [6.07, 6.45) is 66.2. The van der Waals surface area contributed by atoms with Gasteiger partial charge >= 0.3 is 17.9 Å². The van der Waals surface area contributed by atoms with Gasteiger partial charge in [-0.25, -0.2) is 0 Å². The number of carbonyl (C=O) groups excluding carboxylic acids is 3. The van der Waals surface area contributed by atoms with Crippen molar-refractivity contribution in [1.82, 2.24) is 0 Å². The van der Waals surface area contributed by atoms with Crippen LogP contribution in [0, 0.1) is 0 Å². The number of rotatable bonds is 55. The Morgan fingerprint density at radius 3 is 0.821 bits per heavy atom. The molecule has 394 valence electrons. The van der Waals surface area contributed by atoms with Crippen LogP contribution in [0.2, 0.25) is 0 Å². The lowest BCUT2D eigenvalue weighted by Crippen LogP contribution is -2.30. The Morgan fingerprint density at radius 2 is 0.537 bits per heavy atom.